The molecule has 0 saturated heterocycles. The molecule has 0 aliphatic heterocycles. The number of nitrogens with zero attached hydrogens (tertiary/aromatic N) is 2. The molecule has 0 atom stereocenters. The molecular formula is C24H23ClFN3O2S. The van der Waals surface area contributed by atoms with Gasteiger partial charge in [-0.25, -0.2) is 9.37 Å². The van der Waals surface area contributed by atoms with Crippen molar-refractivity contribution in [3.63, 3.8) is 0 Å². The maximum atomic E-state index is 13.1. The van der Waals surface area contributed by atoms with Crippen molar-refractivity contribution in [3.05, 3.63) is 88.3 Å². The first-order valence-electron chi connectivity index (χ1n) is 10.1. The molecule has 166 valence electrons. The van der Waals surface area contributed by atoms with Gasteiger partial charge in [0.1, 0.15) is 10.8 Å². The van der Waals surface area contributed by atoms with E-state index in [1.807, 2.05) is 13.8 Å². The Morgan fingerprint density at radius 3 is 2.44 bits per heavy atom. The first kappa shape index (κ1) is 23.8. The lowest BCUT2D eigenvalue weighted by molar-refractivity contribution is 0.0773. The standard InChI is InChI=1S/C24H23ClFN3O2S/c1-3-29(4-2)24(31)19-12-11-18(14-21(19)25)28-22(30)20-6-5-13-27-23(20)32-15-16-7-9-17(26)10-8-16/h5-14H,3-4,15H2,1-2H3,(H,28,30). The number of thioether (sulfide) groups is 1. The molecular weight excluding hydrogens is 449 g/mol. The third-order valence-electron chi connectivity index (χ3n) is 4.81. The summed E-state index contributed by atoms with van der Waals surface area (Å²) in [5.41, 5.74) is 2.22. The Hall–Kier alpha value is -2.90. The Bertz CT molecular complexity index is 1100. The van der Waals surface area contributed by atoms with Crippen LogP contribution in [0, 0.1) is 5.82 Å². The van der Waals surface area contributed by atoms with Crippen LogP contribution in [0.5, 0.6) is 0 Å². The van der Waals surface area contributed by atoms with E-state index in [9.17, 15) is 14.0 Å². The Morgan fingerprint density at radius 1 is 1.06 bits per heavy atom. The van der Waals surface area contributed by atoms with Gasteiger partial charge in [0.05, 0.1) is 16.1 Å². The normalized spacial score (nSPS) is 10.6. The molecule has 0 radical (unpaired) electrons. The van der Waals surface area contributed by atoms with Gasteiger partial charge in [-0.3, -0.25) is 9.59 Å². The summed E-state index contributed by atoms with van der Waals surface area (Å²) >= 11 is 7.72. The van der Waals surface area contributed by atoms with Crippen LogP contribution < -0.4 is 5.32 Å². The highest BCUT2D eigenvalue weighted by molar-refractivity contribution is 7.98. The molecule has 0 aliphatic rings. The number of hydrogen-bond acceptors (Lipinski definition) is 4. The highest BCUT2D eigenvalue weighted by Crippen LogP contribution is 2.26. The lowest BCUT2D eigenvalue weighted by atomic mass is 10.1. The van der Waals surface area contributed by atoms with E-state index in [2.05, 4.69) is 10.3 Å². The maximum Gasteiger partial charge on any atom is 0.258 e. The van der Waals surface area contributed by atoms with Gasteiger partial charge in [-0.1, -0.05) is 23.7 Å². The summed E-state index contributed by atoms with van der Waals surface area (Å²) in [5, 5.41) is 3.66. The summed E-state index contributed by atoms with van der Waals surface area (Å²) < 4.78 is 13.1. The summed E-state index contributed by atoms with van der Waals surface area (Å²) in [6.07, 6.45) is 1.62. The van der Waals surface area contributed by atoms with Gasteiger partial charge in [-0.15, -0.1) is 11.8 Å². The Morgan fingerprint density at radius 2 is 1.78 bits per heavy atom. The molecule has 2 amide bonds. The van der Waals surface area contributed by atoms with Gasteiger partial charge in [-0.05, 0) is 61.9 Å². The minimum atomic E-state index is -0.335. The maximum absolute atomic E-state index is 13.1. The fourth-order valence-electron chi connectivity index (χ4n) is 3.06. The molecule has 0 saturated carbocycles. The molecule has 1 aromatic heterocycles. The van der Waals surface area contributed by atoms with Crippen LogP contribution in [0.1, 0.15) is 40.1 Å². The molecule has 5 nitrogen and oxygen atoms in total. The molecule has 32 heavy (non-hydrogen) atoms. The van der Waals surface area contributed by atoms with Crippen LogP contribution in [0.4, 0.5) is 10.1 Å². The monoisotopic (exact) mass is 471 g/mol. The number of hydrogen-bond donors (Lipinski definition) is 1. The zero-order valence-electron chi connectivity index (χ0n) is 17.8. The van der Waals surface area contributed by atoms with E-state index in [1.165, 1.54) is 23.9 Å². The highest BCUT2D eigenvalue weighted by atomic mass is 35.5. The van der Waals surface area contributed by atoms with Gasteiger partial charge in [0, 0.05) is 30.7 Å². The van der Waals surface area contributed by atoms with Crippen LogP contribution in [-0.4, -0.2) is 34.8 Å². The van der Waals surface area contributed by atoms with Gasteiger partial charge >= 0.3 is 0 Å². The van der Waals surface area contributed by atoms with Gasteiger partial charge in [0.25, 0.3) is 11.8 Å². The lowest BCUT2D eigenvalue weighted by Gasteiger charge is -2.19. The van der Waals surface area contributed by atoms with Gasteiger partial charge in [-0.2, -0.15) is 0 Å². The number of nitrogens with one attached hydrogen (secondary N) is 1. The number of carbonyl (C=O) groups excluding carboxylic acids is 2. The van der Waals surface area contributed by atoms with Crippen LogP contribution >= 0.6 is 23.4 Å². The predicted octanol–water partition coefficient (Wildman–Crippen LogP) is 5.90. The number of halogens is 2. The van der Waals surface area contributed by atoms with Crippen molar-refractivity contribution in [1.29, 1.82) is 0 Å². The first-order chi connectivity index (χ1) is 15.4. The van der Waals surface area contributed by atoms with Crippen LogP contribution in [0.25, 0.3) is 0 Å². The van der Waals surface area contributed by atoms with E-state index in [0.717, 1.165) is 5.56 Å². The summed E-state index contributed by atoms with van der Waals surface area (Å²) in [6, 6.07) is 14.4. The summed E-state index contributed by atoms with van der Waals surface area (Å²) in [5.74, 6) is -0.227. The zero-order valence-corrected chi connectivity index (χ0v) is 19.3. The predicted molar refractivity (Wildman–Crippen MR) is 127 cm³/mol. The number of benzene rings is 2. The fourth-order valence-corrected chi connectivity index (χ4v) is 4.27. The number of pyridine rings is 1. The number of carbonyl (C=O) groups is 2. The molecule has 3 aromatic rings. The second kappa shape index (κ2) is 11.1. The number of rotatable bonds is 8. The van der Waals surface area contributed by atoms with Crippen molar-refractivity contribution in [3.8, 4) is 0 Å². The van der Waals surface area contributed by atoms with Crippen molar-refractivity contribution >= 4 is 40.9 Å². The molecule has 0 bridgehead atoms. The summed E-state index contributed by atoms with van der Waals surface area (Å²) in [6.45, 7) is 4.99. The minimum absolute atomic E-state index is 0.149. The zero-order chi connectivity index (χ0) is 23.1. The smallest absolute Gasteiger partial charge is 0.258 e. The minimum Gasteiger partial charge on any atom is -0.339 e. The van der Waals surface area contributed by atoms with E-state index in [-0.39, 0.29) is 22.7 Å². The first-order valence-corrected chi connectivity index (χ1v) is 11.5. The second-order valence-corrected chi connectivity index (χ2v) is 8.27. The van der Waals surface area contributed by atoms with Crippen molar-refractivity contribution < 1.29 is 14.0 Å². The third kappa shape index (κ3) is 5.87. The van der Waals surface area contributed by atoms with Crippen molar-refractivity contribution in [2.75, 3.05) is 18.4 Å². The lowest BCUT2D eigenvalue weighted by Crippen LogP contribution is -2.30. The van der Waals surface area contributed by atoms with E-state index < -0.39 is 0 Å². The van der Waals surface area contributed by atoms with E-state index in [0.29, 0.717) is 40.7 Å². The Balaban J connectivity index is 1.72. The van der Waals surface area contributed by atoms with Crippen molar-refractivity contribution in [2.45, 2.75) is 24.6 Å². The summed E-state index contributed by atoms with van der Waals surface area (Å²) in [7, 11) is 0. The molecule has 3 rings (SSSR count). The van der Waals surface area contributed by atoms with Crippen LogP contribution in [-0.2, 0) is 5.75 Å². The number of anilines is 1. The summed E-state index contributed by atoms with van der Waals surface area (Å²) in [4.78, 5) is 31.4. The quantitative estimate of drug-likeness (QED) is 0.415. The molecule has 1 N–H and O–H groups in total. The molecule has 1 heterocycles. The van der Waals surface area contributed by atoms with Crippen molar-refractivity contribution in [2.24, 2.45) is 0 Å². The molecule has 0 aliphatic carbocycles. The molecule has 2 aromatic carbocycles. The van der Waals surface area contributed by atoms with E-state index in [4.69, 9.17) is 11.6 Å². The average Bonchev–Trinajstić information content (AvgIpc) is 2.79. The molecule has 0 unspecified atom stereocenters. The van der Waals surface area contributed by atoms with Crippen LogP contribution in [0.3, 0.4) is 0 Å². The molecule has 0 fully saturated rings. The number of amides is 2. The van der Waals surface area contributed by atoms with Gasteiger partial charge in [0.2, 0.25) is 0 Å². The SMILES string of the molecule is CCN(CC)C(=O)c1ccc(NC(=O)c2cccnc2SCc2ccc(F)cc2)cc1Cl. The van der Waals surface area contributed by atoms with Crippen LogP contribution in [0.15, 0.2) is 65.8 Å². The van der Waals surface area contributed by atoms with Gasteiger partial charge < -0.3 is 10.2 Å². The fraction of sp³-hybridized carbons (Fsp3) is 0.208. The Kier molecular flexibility index (Phi) is 8.25. The number of aromatic nitrogens is 1. The highest BCUT2D eigenvalue weighted by Gasteiger charge is 2.18. The topological polar surface area (TPSA) is 62.3 Å². The van der Waals surface area contributed by atoms with Crippen LogP contribution in [0.2, 0.25) is 5.02 Å². The largest absolute Gasteiger partial charge is 0.339 e. The molecule has 8 heteroatoms. The van der Waals surface area contributed by atoms with E-state index >= 15 is 0 Å². The third-order valence-corrected chi connectivity index (χ3v) is 6.20. The average molecular weight is 472 g/mol. The van der Waals surface area contributed by atoms with Crippen molar-refractivity contribution in [1.82, 2.24) is 9.88 Å². The second-order valence-electron chi connectivity index (χ2n) is 6.90. The van der Waals surface area contributed by atoms with E-state index in [1.54, 1.807) is 53.6 Å². The Labute approximate surface area is 196 Å². The molecule has 0 spiro atoms. The van der Waals surface area contributed by atoms with Gasteiger partial charge in [0.15, 0.2) is 0 Å².